The molecule has 2 heterocycles. The summed E-state index contributed by atoms with van der Waals surface area (Å²) >= 11 is 0. The summed E-state index contributed by atoms with van der Waals surface area (Å²) in [5.74, 6) is 0. The Balaban J connectivity index is 0.00000200. The Labute approximate surface area is 126 Å². The molecule has 20 heavy (non-hydrogen) atoms. The molecule has 0 unspecified atom stereocenters. The molecule has 0 atom stereocenters. The highest BCUT2D eigenvalue weighted by Crippen LogP contribution is 2.09. The number of hydrogen-bond acceptors (Lipinski definition) is 3. The number of halogens is 1. The lowest BCUT2D eigenvalue weighted by Crippen LogP contribution is -2.17. The molecule has 2 aromatic rings. The Bertz CT molecular complexity index is 544. The third kappa shape index (κ3) is 3.61. The van der Waals surface area contributed by atoms with Gasteiger partial charge in [-0.25, -0.2) is 0 Å². The molecule has 0 bridgehead atoms. The fourth-order valence-corrected chi connectivity index (χ4v) is 2.22. The lowest BCUT2D eigenvalue weighted by atomic mass is 10.2. The van der Waals surface area contributed by atoms with Crippen LogP contribution in [0.15, 0.2) is 12.4 Å². The van der Waals surface area contributed by atoms with E-state index in [1.807, 2.05) is 15.6 Å². The van der Waals surface area contributed by atoms with E-state index in [-0.39, 0.29) is 12.4 Å². The van der Waals surface area contributed by atoms with Crippen LogP contribution in [0.4, 0.5) is 0 Å². The first kappa shape index (κ1) is 16.7. The van der Waals surface area contributed by atoms with E-state index in [0.29, 0.717) is 0 Å². The van der Waals surface area contributed by atoms with Gasteiger partial charge in [-0.2, -0.15) is 10.2 Å². The second kappa shape index (κ2) is 7.45. The van der Waals surface area contributed by atoms with Crippen LogP contribution in [-0.2, 0) is 26.2 Å². The standard InChI is InChI=1S/C14H23N5.ClH/c1-5-18-10-13(12(4)17-18)8-15-9-14-11(3)7-16-19(14)6-2;/h7,10,15H,5-6,8-9H2,1-4H3;1H. The Morgan fingerprint density at radius 3 is 2.50 bits per heavy atom. The Morgan fingerprint density at radius 1 is 1.15 bits per heavy atom. The van der Waals surface area contributed by atoms with Crippen molar-refractivity contribution in [3.8, 4) is 0 Å². The second-order valence-corrected chi connectivity index (χ2v) is 4.79. The van der Waals surface area contributed by atoms with Gasteiger partial charge in [0, 0.05) is 37.9 Å². The minimum absolute atomic E-state index is 0. The number of nitrogens with zero attached hydrogens (tertiary/aromatic N) is 4. The fourth-order valence-electron chi connectivity index (χ4n) is 2.22. The fraction of sp³-hybridized carbons (Fsp3) is 0.571. The van der Waals surface area contributed by atoms with Crippen molar-refractivity contribution in [3.63, 3.8) is 0 Å². The first-order valence-electron chi connectivity index (χ1n) is 6.90. The first-order chi connectivity index (χ1) is 9.15. The summed E-state index contributed by atoms with van der Waals surface area (Å²) in [6, 6.07) is 0. The Morgan fingerprint density at radius 2 is 1.90 bits per heavy atom. The van der Waals surface area contributed by atoms with Gasteiger partial charge in [0.05, 0.1) is 17.6 Å². The van der Waals surface area contributed by atoms with Gasteiger partial charge < -0.3 is 5.32 Å². The molecule has 0 fully saturated rings. The molecule has 0 saturated heterocycles. The van der Waals surface area contributed by atoms with Gasteiger partial charge in [-0.1, -0.05) is 0 Å². The molecule has 0 spiro atoms. The zero-order valence-electron chi connectivity index (χ0n) is 12.7. The number of hydrogen-bond donors (Lipinski definition) is 1. The Hall–Kier alpha value is -1.33. The van der Waals surface area contributed by atoms with Crippen molar-refractivity contribution in [3.05, 3.63) is 34.9 Å². The quantitative estimate of drug-likeness (QED) is 0.891. The maximum absolute atomic E-state index is 4.46. The van der Waals surface area contributed by atoms with Crippen molar-refractivity contribution in [1.29, 1.82) is 0 Å². The van der Waals surface area contributed by atoms with Crippen LogP contribution >= 0.6 is 12.4 Å². The summed E-state index contributed by atoms with van der Waals surface area (Å²) in [5, 5.41) is 12.3. The summed E-state index contributed by atoms with van der Waals surface area (Å²) < 4.78 is 4.03. The van der Waals surface area contributed by atoms with Gasteiger partial charge in [-0.3, -0.25) is 9.36 Å². The molecular weight excluding hydrogens is 274 g/mol. The van der Waals surface area contributed by atoms with E-state index in [1.165, 1.54) is 16.8 Å². The average molecular weight is 298 g/mol. The van der Waals surface area contributed by atoms with Crippen LogP contribution in [0.1, 0.15) is 36.4 Å². The first-order valence-corrected chi connectivity index (χ1v) is 6.90. The zero-order chi connectivity index (χ0) is 13.8. The third-order valence-corrected chi connectivity index (χ3v) is 3.44. The highest BCUT2D eigenvalue weighted by molar-refractivity contribution is 5.85. The highest BCUT2D eigenvalue weighted by Gasteiger charge is 2.07. The summed E-state index contributed by atoms with van der Waals surface area (Å²) in [7, 11) is 0. The second-order valence-electron chi connectivity index (χ2n) is 4.79. The molecule has 0 aromatic carbocycles. The van der Waals surface area contributed by atoms with E-state index in [0.717, 1.165) is 31.9 Å². The van der Waals surface area contributed by atoms with Crippen molar-refractivity contribution in [2.24, 2.45) is 0 Å². The predicted molar refractivity (Wildman–Crippen MR) is 83.1 cm³/mol. The van der Waals surface area contributed by atoms with Crippen LogP contribution in [0.2, 0.25) is 0 Å². The van der Waals surface area contributed by atoms with Gasteiger partial charge in [-0.05, 0) is 33.3 Å². The van der Waals surface area contributed by atoms with E-state index in [9.17, 15) is 0 Å². The van der Waals surface area contributed by atoms with Crippen LogP contribution in [0, 0.1) is 13.8 Å². The van der Waals surface area contributed by atoms with E-state index < -0.39 is 0 Å². The number of aryl methyl sites for hydroxylation is 4. The molecular formula is C14H24ClN5. The summed E-state index contributed by atoms with van der Waals surface area (Å²) in [6.45, 7) is 11.9. The maximum atomic E-state index is 4.46. The molecule has 0 radical (unpaired) electrons. The zero-order valence-corrected chi connectivity index (χ0v) is 13.5. The Kier molecular flexibility index (Phi) is 6.23. The normalized spacial score (nSPS) is 10.6. The van der Waals surface area contributed by atoms with Gasteiger partial charge >= 0.3 is 0 Å². The van der Waals surface area contributed by atoms with E-state index in [1.54, 1.807) is 0 Å². The molecule has 0 aliphatic heterocycles. The molecule has 6 heteroatoms. The van der Waals surface area contributed by atoms with Gasteiger partial charge in [0.15, 0.2) is 0 Å². The lowest BCUT2D eigenvalue weighted by molar-refractivity contribution is 0.579. The van der Waals surface area contributed by atoms with Crippen molar-refractivity contribution in [1.82, 2.24) is 24.9 Å². The summed E-state index contributed by atoms with van der Waals surface area (Å²) in [6.07, 6.45) is 4.05. The molecule has 0 amide bonds. The largest absolute Gasteiger partial charge is 0.307 e. The van der Waals surface area contributed by atoms with E-state index in [4.69, 9.17) is 0 Å². The predicted octanol–water partition coefficient (Wildman–Crippen LogP) is 2.45. The van der Waals surface area contributed by atoms with Crippen molar-refractivity contribution < 1.29 is 0 Å². The minimum Gasteiger partial charge on any atom is -0.307 e. The minimum atomic E-state index is 0. The smallest absolute Gasteiger partial charge is 0.0638 e. The van der Waals surface area contributed by atoms with Crippen molar-refractivity contribution >= 4 is 12.4 Å². The molecule has 0 saturated carbocycles. The van der Waals surface area contributed by atoms with E-state index >= 15 is 0 Å². The summed E-state index contributed by atoms with van der Waals surface area (Å²) in [5.41, 5.74) is 4.88. The van der Waals surface area contributed by atoms with E-state index in [2.05, 4.69) is 49.4 Å². The maximum Gasteiger partial charge on any atom is 0.0638 e. The van der Waals surface area contributed by atoms with Gasteiger partial charge in [0.1, 0.15) is 0 Å². The highest BCUT2D eigenvalue weighted by atomic mass is 35.5. The van der Waals surface area contributed by atoms with Crippen LogP contribution in [0.5, 0.6) is 0 Å². The molecule has 112 valence electrons. The molecule has 0 aliphatic carbocycles. The van der Waals surface area contributed by atoms with Crippen LogP contribution in [-0.4, -0.2) is 19.6 Å². The van der Waals surface area contributed by atoms with Crippen LogP contribution in [0.3, 0.4) is 0 Å². The van der Waals surface area contributed by atoms with Crippen molar-refractivity contribution in [2.45, 2.75) is 53.9 Å². The number of aromatic nitrogens is 4. The van der Waals surface area contributed by atoms with Gasteiger partial charge in [0.2, 0.25) is 0 Å². The molecule has 0 aliphatic rings. The van der Waals surface area contributed by atoms with Crippen LogP contribution in [0.25, 0.3) is 0 Å². The van der Waals surface area contributed by atoms with Gasteiger partial charge in [-0.15, -0.1) is 12.4 Å². The monoisotopic (exact) mass is 297 g/mol. The van der Waals surface area contributed by atoms with Gasteiger partial charge in [0.25, 0.3) is 0 Å². The molecule has 5 nitrogen and oxygen atoms in total. The number of nitrogens with one attached hydrogen (secondary N) is 1. The lowest BCUT2D eigenvalue weighted by Gasteiger charge is -2.07. The molecule has 2 aromatic heterocycles. The average Bonchev–Trinajstić information content (AvgIpc) is 2.94. The van der Waals surface area contributed by atoms with Crippen molar-refractivity contribution in [2.75, 3.05) is 0 Å². The number of rotatable bonds is 6. The third-order valence-electron chi connectivity index (χ3n) is 3.44. The van der Waals surface area contributed by atoms with Crippen LogP contribution < -0.4 is 5.32 Å². The topological polar surface area (TPSA) is 47.7 Å². The SMILES string of the molecule is CCn1cc(CNCc2c(C)cnn2CC)c(C)n1.Cl. The summed E-state index contributed by atoms with van der Waals surface area (Å²) in [4.78, 5) is 0. The molecule has 2 rings (SSSR count). The molecule has 1 N–H and O–H groups in total.